The summed E-state index contributed by atoms with van der Waals surface area (Å²) in [6.07, 6.45) is 3.80. The minimum atomic E-state index is 0.195. The van der Waals surface area contributed by atoms with Crippen LogP contribution >= 0.6 is 0 Å². The van der Waals surface area contributed by atoms with E-state index in [1.807, 2.05) is 0 Å². The van der Waals surface area contributed by atoms with Gasteiger partial charge in [-0.25, -0.2) is 0 Å². The number of piperidine rings is 1. The Balaban J connectivity index is 2.80. The van der Waals surface area contributed by atoms with Crippen molar-refractivity contribution in [3.8, 4) is 0 Å². The van der Waals surface area contributed by atoms with E-state index in [0.29, 0.717) is 3.66 Å². The van der Waals surface area contributed by atoms with Gasteiger partial charge in [0.2, 0.25) is 0 Å². The molecule has 1 heterocycles. The summed E-state index contributed by atoms with van der Waals surface area (Å²) < 4.78 is 0.409. The van der Waals surface area contributed by atoms with E-state index in [1.54, 1.807) is 0 Å². The predicted octanol–water partition coefficient (Wildman–Crippen LogP) is 2.48. The summed E-state index contributed by atoms with van der Waals surface area (Å²) in [4.78, 5) is 6.02. The molecule has 1 unspecified atom stereocenters. The normalized spacial score (nSPS) is 28.7. The zero-order valence-electron chi connectivity index (χ0n) is 10.1. The van der Waals surface area contributed by atoms with Gasteiger partial charge in [-0.05, 0) is 0 Å². The molecule has 0 saturated carbocycles. The van der Waals surface area contributed by atoms with E-state index in [4.69, 9.17) is 4.84 Å². The van der Waals surface area contributed by atoms with Crippen molar-refractivity contribution in [2.75, 3.05) is 0 Å². The fraction of sp³-hybridized carbons (Fsp3) is 1.00. The first kappa shape index (κ1) is 12.9. The molecule has 0 spiro atoms. The quantitative estimate of drug-likeness (QED) is 0.671. The molecule has 0 bridgehead atoms. The van der Waals surface area contributed by atoms with Crippen LogP contribution in [0.4, 0.5) is 0 Å². The molecule has 1 fully saturated rings. The summed E-state index contributed by atoms with van der Waals surface area (Å²) in [6, 6.07) is 0. The summed E-state index contributed by atoms with van der Waals surface area (Å²) in [6.45, 7) is 11.3. The van der Waals surface area contributed by atoms with Gasteiger partial charge in [-0.15, -0.1) is 0 Å². The first-order chi connectivity index (χ1) is 6.26. The second-order valence-electron chi connectivity index (χ2n) is 5.52. The van der Waals surface area contributed by atoms with E-state index in [9.17, 15) is 0 Å². The molecule has 0 aliphatic carbocycles. The number of hydroxylamine groups is 2. The van der Waals surface area contributed by atoms with Crippen LogP contribution in [0.2, 0.25) is 0 Å². The van der Waals surface area contributed by atoms with Crippen LogP contribution in [0.5, 0.6) is 0 Å². The zero-order valence-corrected chi connectivity index (χ0v) is 13.9. The van der Waals surface area contributed by atoms with Crippen molar-refractivity contribution in [3.05, 3.63) is 0 Å². The average Bonchev–Trinajstić information content (AvgIpc) is 1.96. The van der Waals surface area contributed by atoms with Crippen LogP contribution in [0.25, 0.3) is 0 Å². The fourth-order valence-electron chi connectivity index (χ4n) is 2.42. The molecule has 2 nitrogen and oxygen atoms in total. The van der Waals surface area contributed by atoms with Crippen molar-refractivity contribution in [1.29, 1.82) is 0 Å². The van der Waals surface area contributed by atoms with Crippen LogP contribution in [0, 0.1) is 0 Å². The number of nitrogens with zero attached hydrogens (tertiary/aromatic N) is 1. The Labute approximate surface area is 104 Å². The van der Waals surface area contributed by atoms with Gasteiger partial charge in [0, 0.05) is 0 Å². The molecule has 0 amide bonds. The van der Waals surface area contributed by atoms with Crippen LogP contribution in [0.1, 0.15) is 53.9 Å². The van der Waals surface area contributed by atoms with Gasteiger partial charge in [-0.1, -0.05) is 0 Å². The molecule has 1 saturated heterocycles. The predicted molar refractivity (Wildman–Crippen MR) is 60.1 cm³/mol. The van der Waals surface area contributed by atoms with Gasteiger partial charge in [0.05, 0.1) is 0 Å². The van der Waals surface area contributed by atoms with Gasteiger partial charge in [-0.2, -0.15) is 0 Å². The second kappa shape index (κ2) is 4.38. The van der Waals surface area contributed by atoms with Crippen molar-refractivity contribution in [2.45, 2.75) is 68.6 Å². The summed E-state index contributed by atoms with van der Waals surface area (Å²) >= 11 is 1.10. The standard InChI is InChI=1S/C11H22NO.Pb/c1-6-13-12-10(2,3)8-7-9-11(12,4)5;/h6H,7-9H2,1-5H3;. The first-order valence-electron chi connectivity index (χ1n) is 5.44. The molecular formula is C11H22NOPb. The molecule has 3 radical (unpaired) electrons. The molecule has 1 rings (SSSR count). The van der Waals surface area contributed by atoms with Crippen molar-refractivity contribution >= 4 is 25.8 Å². The van der Waals surface area contributed by atoms with Gasteiger partial charge < -0.3 is 0 Å². The summed E-state index contributed by atoms with van der Waals surface area (Å²) in [5.41, 5.74) is 0.390. The van der Waals surface area contributed by atoms with Crippen LogP contribution in [-0.4, -0.2) is 45.6 Å². The third-order valence-corrected chi connectivity index (χ3v) is 3.35. The maximum atomic E-state index is 6.02. The van der Waals surface area contributed by atoms with Gasteiger partial charge in [-0.3, -0.25) is 0 Å². The van der Waals surface area contributed by atoms with Gasteiger partial charge in [0.15, 0.2) is 0 Å². The number of hydrogen-bond acceptors (Lipinski definition) is 2. The molecule has 0 aromatic heterocycles. The van der Waals surface area contributed by atoms with Crippen molar-refractivity contribution in [2.24, 2.45) is 0 Å². The first-order valence-corrected chi connectivity index (χ1v) is 7.68. The molecule has 3 heteroatoms. The van der Waals surface area contributed by atoms with Crippen LogP contribution < -0.4 is 0 Å². The van der Waals surface area contributed by atoms with Crippen LogP contribution in [0.3, 0.4) is 0 Å². The third kappa shape index (κ3) is 2.92. The maximum absolute atomic E-state index is 6.02. The van der Waals surface area contributed by atoms with E-state index in [-0.39, 0.29) is 11.1 Å². The topological polar surface area (TPSA) is 12.5 Å². The minimum absolute atomic E-state index is 0.195. The molecule has 1 atom stereocenters. The van der Waals surface area contributed by atoms with Crippen molar-refractivity contribution < 1.29 is 4.84 Å². The van der Waals surface area contributed by atoms with Crippen LogP contribution in [-0.2, 0) is 4.84 Å². The molecule has 0 aromatic carbocycles. The Morgan fingerprint density at radius 1 is 1.14 bits per heavy atom. The van der Waals surface area contributed by atoms with E-state index >= 15 is 0 Å². The van der Waals surface area contributed by atoms with Crippen molar-refractivity contribution in [3.63, 3.8) is 0 Å². The number of rotatable bonds is 2. The molecule has 81 valence electrons. The summed E-state index contributed by atoms with van der Waals surface area (Å²) in [5.74, 6) is 0. The van der Waals surface area contributed by atoms with Crippen LogP contribution in [0.15, 0.2) is 0 Å². The molecule has 0 aromatic rings. The van der Waals surface area contributed by atoms with Gasteiger partial charge >= 0.3 is 104 Å². The monoisotopic (exact) mass is 392 g/mol. The Morgan fingerprint density at radius 3 is 1.93 bits per heavy atom. The summed E-state index contributed by atoms with van der Waals surface area (Å²) in [7, 11) is 0. The van der Waals surface area contributed by atoms with Gasteiger partial charge in [0.1, 0.15) is 0 Å². The van der Waals surface area contributed by atoms with E-state index in [2.05, 4.69) is 39.7 Å². The molecule has 1 aliphatic heterocycles. The Kier molecular flexibility index (Phi) is 4.03. The third-order valence-electron chi connectivity index (χ3n) is 2.94. The van der Waals surface area contributed by atoms with E-state index in [1.165, 1.54) is 19.3 Å². The number of hydrogen-bond donors (Lipinski definition) is 0. The molecular weight excluding hydrogens is 369 g/mol. The van der Waals surface area contributed by atoms with E-state index < -0.39 is 0 Å². The molecule has 1 aliphatic rings. The second-order valence-corrected chi connectivity index (χ2v) is 8.68. The van der Waals surface area contributed by atoms with Crippen molar-refractivity contribution in [1.82, 2.24) is 5.06 Å². The average molecular weight is 392 g/mol. The Hall–Kier alpha value is 0.842. The zero-order chi connectivity index (χ0) is 11.0. The molecule has 14 heavy (non-hydrogen) atoms. The fourth-order valence-corrected chi connectivity index (χ4v) is 2.83. The van der Waals surface area contributed by atoms with E-state index in [0.717, 1.165) is 25.8 Å². The Morgan fingerprint density at radius 2 is 1.57 bits per heavy atom. The SMILES string of the molecule is C[CH]([Pb])ON1C(C)(C)CCCC1(C)C. The Bertz CT molecular complexity index is 185. The summed E-state index contributed by atoms with van der Waals surface area (Å²) in [5, 5.41) is 2.25. The van der Waals surface area contributed by atoms with Gasteiger partial charge in [0.25, 0.3) is 0 Å². The molecule has 0 N–H and O–H groups in total.